The summed E-state index contributed by atoms with van der Waals surface area (Å²) in [6.07, 6.45) is 0.371. The van der Waals surface area contributed by atoms with E-state index >= 15 is 0 Å². The molecule has 0 rings (SSSR count). The van der Waals surface area contributed by atoms with Crippen molar-refractivity contribution in [2.45, 2.75) is 13.3 Å². The quantitative estimate of drug-likeness (QED) is 0.382. The van der Waals surface area contributed by atoms with E-state index in [9.17, 15) is 4.79 Å². The van der Waals surface area contributed by atoms with Crippen molar-refractivity contribution >= 4 is 18.6 Å². The maximum Gasteiger partial charge on any atom is 0.306 e. The van der Waals surface area contributed by atoms with Gasteiger partial charge in [-0.3, -0.25) is 4.79 Å². The number of thiol groups is 1. The molecule has 0 atom stereocenters. The Balaban J connectivity index is 3.30. The van der Waals surface area contributed by atoms with Crippen LogP contribution in [0.4, 0.5) is 0 Å². The van der Waals surface area contributed by atoms with Crippen LogP contribution in [0.5, 0.6) is 0 Å². The van der Waals surface area contributed by atoms with Gasteiger partial charge >= 0.3 is 5.97 Å². The molecular weight excluding hydrogens is 148 g/mol. The summed E-state index contributed by atoms with van der Waals surface area (Å²) in [6, 6.07) is 0. The Kier molecular flexibility index (Phi) is 5.12. The number of carbonyl (C=O) groups is 1. The summed E-state index contributed by atoms with van der Waals surface area (Å²) in [6.45, 7) is 5.73. The molecule has 0 spiro atoms. The highest BCUT2D eigenvalue weighted by atomic mass is 32.1. The Labute approximate surface area is 66.7 Å². The predicted molar refractivity (Wildman–Crippen MR) is 44.2 cm³/mol. The van der Waals surface area contributed by atoms with Gasteiger partial charge in [-0.05, 0) is 12.5 Å². The first-order valence-electron chi connectivity index (χ1n) is 3.07. The van der Waals surface area contributed by atoms with Crippen LogP contribution in [0, 0.1) is 0 Å². The molecule has 0 saturated heterocycles. The maximum atomic E-state index is 10.6. The number of hydrogen-bond donors (Lipinski definition) is 1. The number of esters is 1. The predicted octanol–water partition coefficient (Wildman–Crippen LogP) is 1.43. The van der Waals surface area contributed by atoms with E-state index in [-0.39, 0.29) is 5.97 Å². The number of hydrogen-bond acceptors (Lipinski definition) is 3. The lowest BCUT2D eigenvalue weighted by molar-refractivity contribution is -0.142. The Bertz CT molecular complexity index is 132. The van der Waals surface area contributed by atoms with E-state index in [0.717, 1.165) is 5.57 Å². The zero-order valence-electron chi connectivity index (χ0n) is 6.09. The van der Waals surface area contributed by atoms with Gasteiger partial charge in [-0.2, -0.15) is 12.6 Å². The lowest BCUT2D eigenvalue weighted by atomic mass is 10.4. The molecule has 3 heteroatoms. The molecule has 0 aliphatic rings. The molecule has 2 nitrogen and oxygen atoms in total. The van der Waals surface area contributed by atoms with Crippen LogP contribution in [0.3, 0.4) is 0 Å². The first kappa shape index (κ1) is 9.56. The van der Waals surface area contributed by atoms with Gasteiger partial charge in [-0.1, -0.05) is 6.58 Å². The monoisotopic (exact) mass is 160 g/mol. The second-order valence-corrected chi connectivity index (χ2v) is 2.54. The largest absolute Gasteiger partial charge is 0.461 e. The summed E-state index contributed by atoms with van der Waals surface area (Å²) in [5, 5.41) is 0. The topological polar surface area (TPSA) is 26.3 Å². The lowest BCUT2D eigenvalue weighted by Gasteiger charge is -2.01. The van der Waals surface area contributed by atoms with Crippen molar-refractivity contribution in [2.24, 2.45) is 0 Å². The highest BCUT2D eigenvalue weighted by Gasteiger charge is 1.98. The molecule has 0 fully saturated rings. The Hall–Kier alpha value is -0.440. The molecule has 0 aliphatic heterocycles. The molecule has 0 saturated carbocycles. The van der Waals surface area contributed by atoms with Crippen molar-refractivity contribution in [2.75, 3.05) is 12.4 Å². The first-order valence-corrected chi connectivity index (χ1v) is 3.71. The lowest BCUT2D eigenvalue weighted by Crippen LogP contribution is -2.06. The minimum Gasteiger partial charge on any atom is -0.461 e. The van der Waals surface area contributed by atoms with Crippen LogP contribution in [0.2, 0.25) is 0 Å². The normalized spacial score (nSPS) is 9.00. The molecule has 0 bridgehead atoms. The second-order valence-electron chi connectivity index (χ2n) is 2.09. The summed E-state index contributed by atoms with van der Waals surface area (Å²) < 4.78 is 4.76. The van der Waals surface area contributed by atoms with Crippen LogP contribution in [-0.4, -0.2) is 18.3 Å². The summed E-state index contributed by atoms with van der Waals surface area (Å²) in [4.78, 5) is 10.6. The van der Waals surface area contributed by atoms with Crippen LogP contribution in [0.25, 0.3) is 0 Å². The van der Waals surface area contributed by atoms with Crippen molar-refractivity contribution in [1.82, 2.24) is 0 Å². The Morgan fingerprint density at radius 1 is 1.70 bits per heavy atom. The fourth-order valence-electron chi connectivity index (χ4n) is 0.367. The summed E-state index contributed by atoms with van der Waals surface area (Å²) in [5.41, 5.74) is 0.854. The van der Waals surface area contributed by atoms with Crippen LogP contribution in [0.1, 0.15) is 13.3 Å². The van der Waals surface area contributed by atoms with E-state index in [1.165, 1.54) is 0 Å². The van der Waals surface area contributed by atoms with Crippen molar-refractivity contribution in [3.63, 3.8) is 0 Å². The molecule has 0 aliphatic carbocycles. The minimum absolute atomic E-state index is 0.210. The Morgan fingerprint density at radius 2 is 2.30 bits per heavy atom. The fourth-order valence-corrected chi connectivity index (χ4v) is 0.550. The van der Waals surface area contributed by atoms with Gasteiger partial charge in [0.2, 0.25) is 0 Å². The molecular formula is C7H12O2S. The highest BCUT2D eigenvalue weighted by molar-refractivity contribution is 7.80. The van der Waals surface area contributed by atoms with Gasteiger partial charge in [0.25, 0.3) is 0 Å². The van der Waals surface area contributed by atoms with Crippen LogP contribution >= 0.6 is 12.6 Å². The van der Waals surface area contributed by atoms with Gasteiger partial charge in [0.15, 0.2) is 0 Å². The third-order valence-corrected chi connectivity index (χ3v) is 1.02. The first-order chi connectivity index (χ1) is 4.66. The van der Waals surface area contributed by atoms with E-state index < -0.39 is 0 Å². The van der Waals surface area contributed by atoms with Crippen LogP contribution < -0.4 is 0 Å². The second kappa shape index (κ2) is 5.35. The molecule has 0 radical (unpaired) electrons. The molecule has 0 amide bonds. The van der Waals surface area contributed by atoms with E-state index in [1.54, 1.807) is 0 Å². The summed E-state index contributed by atoms with van der Waals surface area (Å²) in [5.74, 6) is 0.327. The van der Waals surface area contributed by atoms with Crippen molar-refractivity contribution in [3.8, 4) is 0 Å². The molecule has 0 unspecified atom stereocenters. The summed E-state index contributed by atoms with van der Waals surface area (Å²) in [7, 11) is 0. The number of rotatable bonds is 4. The van der Waals surface area contributed by atoms with Gasteiger partial charge in [0.05, 0.1) is 6.42 Å². The highest BCUT2D eigenvalue weighted by Crippen LogP contribution is 1.93. The molecule has 0 aromatic rings. The fraction of sp³-hybridized carbons (Fsp3) is 0.571. The van der Waals surface area contributed by atoms with Crippen molar-refractivity contribution in [1.29, 1.82) is 0 Å². The molecule has 58 valence electrons. The smallest absolute Gasteiger partial charge is 0.306 e. The molecule has 10 heavy (non-hydrogen) atoms. The van der Waals surface area contributed by atoms with E-state index in [2.05, 4.69) is 19.2 Å². The SMILES string of the molecule is C=C(C)COC(=O)CCS. The maximum absolute atomic E-state index is 10.6. The van der Waals surface area contributed by atoms with E-state index in [1.807, 2.05) is 6.92 Å². The summed E-state index contributed by atoms with van der Waals surface area (Å²) >= 11 is 3.88. The average Bonchev–Trinajstić information content (AvgIpc) is 1.85. The van der Waals surface area contributed by atoms with Crippen molar-refractivity contribution < 1.29 is 9.53 Å². The minimum atomic E-state index is -0.210. The Morgan fingerprint density at radius 3 is 2.70 bits per heavy atom. The van der Waals surface area contributed by atoms with E-state index in [0.29, 0.717) is 18.8 Å². The number of ether oxygens (including phenoxy) is 1. The average molecular weight is 160 g/mol. The van der Waals surface area contributed by atoms with Gasteiger partial charge in [-0.25, -0.2) is 0 Å². The van der Waals surface area contributed by atoms with Gasteiger partial charge < -0.3 is 4.74 Å². The zero-order valence-corrected chi connectivity index (χ0v) is 6.99. The molecule has 0 heterocycles. The van der Waals surface area contributed by atoms with E-state index in [4.69, 9.17) is 4.74 Å². The molecule has 0 aromatic heterocycles. The van der Waals surface area contributed by atoms with Crippen molar-refractivity contribution in [3.05, 3.63) is 12.2 Å². The molecule has 0 aromatic carbocycles. The van der Waals surface area contributed by atoms with Crippen LogP contribution in [-0.2, 0) is 9.53 Å². The standard InChI is InChI=1S/C7H12O2S/c1-6(2)5-9-7(8)3-4-10/h10H,1,3-5H2,2H3. The third-order valence-electron chi connectivity index (χ3n) is 0.795. The van der Waals surface area contributed by atoms with Crippen LogP contribution in [0.15, 0.2) is 12.2 Å². The molecule has 0 N–H and O–H groups in total. The van der Waals surface area contributed by atoms with Gasteiger partial charge in [0.1, 0.15) is 6.61 Å². The number of carbonyl (C=O) groups excluding carboxylic acids is 1. The van der Waals surface area contributed by atoms with Gasteiger partial charge in [-0.15, -0.1) is 0 Å². The third kappa shape index (κ3) is 5.69. The van der Waals surface area contributed by atoms with Gasteiger partial charge in [0, 0.05) is 5.75 Å². The zero-order chi connectivity index (χ0) is 7.98.